The highest BCUT2D eigenvalue weighted by molar-refractivity contribution is 9.10. The molecule has 0 radical (unpaired) electrons. The average Bonchev–Trinajstić information content (AvgIpc) is 2.12. The molecule has 1 atom stereocenters. The first-order valence-corrected chi connectivity index (χ1v) is 4.36. The molecule has 0 spiro atoms. The van der Waals surface area contributed by atoms with Gasteiger partial charge in [-0.1, -0.05) is 0 Å². The number of hydrogen-bond donors (Lipinski definition) is 2. The van der Waals surface area contributed by atoms with Gasteiger partial charge in [0.2, 0.25) is 0 Å². The van der Waals surface area contributed by atoms with Crippen molar-refractivity contribution in [3.63, 3.8) is 0 Å². The van der Waals surface area contributed by atoms with Crippen LogP contribution in [0.3, 0.4) is 0 Å². The highest BCUT2D eigenvalue weighted by Gasteiger charge is 2.12. The van der Waals surface area contributed by atoms with E-state index in [4.69, 9.17) is 10.8 Å². The third-order valence-electron chi connectivity index (χ3n) is 1.63. The van der Waals surface area contributed by atoms with Crippen molar-refractivity contribution in [3.05, 3.63) is 33.8 Å². The molecule has 72 valence electrons. The quantitative estimate of drug-likeness (QED) is 0.787. The van der Waals surface area contributed by atoms with E-state index in [2.05, 4.69) is 15.9 Å². The summed E-state index contributed by atoms with van der Waals surface area (Å²) >= 11 is 2.84. The van der Waals surface area contributed by atoms with Gasteiger partial charge >= 0.3 is 0 Å². The van der Waals surface area contributed by atoms with Crippen LogP contribution in [-0.2, 0) is 0 Å². The number of rotatable bonds is 2. The van der Waals surface area contributed by atoms with Crippen LogP contribution in [0.5, 0.6) is 0 Å². The van der Waals surface area contributed by atoms with Gasteiger partial charge in [0.15, 0.2) is 11.6 Å². The molecular weight excluding hydrogens is 244 g/mol. The lowest BCUT2D eigenvalue weighted by Crippen LogP contribution is -2.15. The van der Waals surface area contributed by atoms with Crippen LogP contribution in [0.15, 0.2) is 16.6 Å². The number of aliphatic hydroxyl groups is 1. The summed E-state index contributed by atoms with van der Waals surface area (Å²) in [6.07, 6.45) is 0. The molecule has 5 heteroatoms. The first-order valence-electron chi connectivity index (χ1n) is 3.57. The normalized spacial score (nSPS) is 13.0. The van der Waals surface area contributed by atoms with Gasteiger partial charge in [0.1, 0.15) is 0 Å². The maximum absolute atomic E-state index is 12.8. The lowest BCUT2D eigenvalue weighted by atomic mass is 10.1. The second-order valence-electron chi connectivity index (χ2n) is 2.59. The number of aliphatic hydroxyl groups excluding tert-OH is 1. The fourth-order valence-corrected chi connectivity index (χ4v) is 1.35. The van der Waals surface area contributed by atoms with Crippen molar-refractivity contribution in [2.24, 2.45) is 5.73 Å². The van der Waals surface area contributed by atoms with E-state index >= 15 is 0 Å². The molecule has 0 fully saturated rings. The van der Waals surface area contributed by atoms with E-state index in [0.29, 0.717) is 5.56 Å². The largest absolute Gasteiger partial charge is 0.394 e. The summed E-state index contributed by atoms with van der Waals surface area (Å²) in [7, 11) is 0. The fraction of sp³-hybridized carbons (Fsp3) is 0.250. The molecule has 13 heavy (non-hydrogen) atoms. The molecule has 1 rings (SSSR count). The van der Waals surface area contributed by atoms with Crippen molar-refractivity contribution in [1.82, 2.24) is 0 Å². The SMILES string of the molecule is NC(CO)c1cc(F)c(F)c(Br)c1. The van der Waals surface area contributed by atoms with Gasteiger partial charge in [0.05, 0.1) is 17.1 Å². The minimum atomic E-state index is -0.978. The molecule has 0 aliphatic carbocycles. The second-order valence-corrected chi connectivity index (χ2v) is 3.44. The summed E-state index contributed by atoms with van der Waals surface area (Å²) in [5.74, 6) is -1.93. The summed E-state index contributed by atoms with van der Waals surface area (Å²) in [6, 6.07) is 1.63. The summed E-state index contributed by atoms with van der Waals surface area (Å²) in [4.78, 5) is 0. The Hall–Kier alpha value is -0.520. The van der Waals surface area contributed by atoms with Gasteiger partial charge in [-0.25, -0.2) is 8.78 Å². The highest BCUT2D eigenvalue weighted by atomic mass is 79.9. The topological polar surface area (TPSA) is 46.2 Å². The fourth-order valence-electron chi connectivity index (χ4n) is 0.895. The molecule has 0 bridgehead atoms. The highest BCUT2D eigenvalue weighted by Crippen LogP contribution is 2.22. The van der Waals surface area contributed by atoms with Crippen LogP contribution >= 0.6 is 15.9 Å². The van der Waals surface area contributed by atoms with E-state index < -0.39 is 17.7 Å². The smallest absolute Gasteiger partial charge is 0.172 e. The summed E-state index contributed by atoms with van der Waals surface area (Å²) < 4.78 is 25.6. The molecule has 3 N–H and O–H groups in total. The third-order valence-corrected chi connectivity index (χ3v) is 2.21. The van der Waals surface area contributed by atoms with Crippen LogP contribution in [0.2, 0.25) is 0 Å². The van der Waals surface area contributed by atoms with E-state index in [1.165, 1.54) is 6.07 Å². The van der Waals surface area contributed by atoms with Crippen molar-refractivity contribution in [3.8, 4) is 0 Å². The van der Waals surface area contributed by atoms with Crippen LogP contribution in [0.1, 0.15) is 11.6 Å². The Bertz CT molecular complexity index is 296. The van der Waals surface area contributed by atoms with Crippen molar-refractivity contribution in [2.75, 3.05) is 6.61 Å². The van der Waals surface area contributed by atoms with Gasteiger partial charge < -0.3 is 10.8 Å². The van der Waals surface area contributed by atoms with E-state index in [1.807, 2.05) is 0 Å². The van der Waals surface area contributed by atoms with Crippen LogP contribution in [0, 0.1) is 11.6 Å². The zero-order valence-corrected chi connectivity index (χ0v) is 8.18. The number of hydrogen-bond acceptors (Lipinski definition) is 2. The molecule has 2 nitrogen and oxygen atoms in total. The van der Waals surface area contributed by atoms with Crippen LogP contribution in [0.4, 0.5) is 8.78 Å². The maximum Gasteiger partial charge on any atom is 0.172 e. The van der Waals surface area contributed by atoms with E-state index in [-0.39, 0.29) is 11.1 Å². The Labute approximate surface area is 82.5 Å². The van der Waals surface area contributed by atoms with Crippen molar-refractivity contribution < 1.29 is 13.9 Å². The van der Waals surface area contributed by atoms with Gasteiger partial charge in [0, 0.05) is 0 Å². The van der Waals surface area contributed by atoms with Gasteiger partial charge in [-0.15, -0.1) is 0 Å². The average molecular weight is 252 g/mol. The summed E-state index contributed by atoms with van der Waals surface area (Å²) in [5.41, 5.74) is 5.78. The van der Waals surface area contributed by atoms with Crippen LogP contribution < -0.4 is 5.73 Å². The first-order chi connectivity index (χ1) is 6.06. The summed E-state index contributed by atoms with van der Waals surface area (Å²) in [5, 5.41) is 8.68. The first kappa shape index (κ1) is 10.6. The summed E-state index contributed by atoms with van der Waals surface area (Å²) in [6.45, 7) is -0.308. The van der Waals surface area contributed by atoms with Gasteiger partial charge in [-0.2, -0.15) is 0 Å². The lowest BCUT2D eigenvalue weighted by Gasteiger charge is -2.09. The molecule has 1 unspecified atom stereocenters. The second kappa shape index (κ2) is 4.13. The molecule has 0 saturated carbocycles. The number of benzene rings is 1. The van der Waals surface area contributed by atoms with E-state index in [9.17, 15) is 8.78 Å². The molecule has 0 aromatic heterocycles. The minimum absolute atomic E-state index is 0.00593. The molecule has 0 aliphatic heterocycles. The maximum atomic E-state index is 12.8. The number of nitrogens with two attached hydrogens (primary N) is 1. The molecule has 1 aromatic carbocycles. The monoisotopic (exact) mass is 251 g/mol. The van der Waals surface area contributed by atoms with Crippen molar-refractivity contribution >= 4 is 15.9 Å². The molecule has 0 heterocycles. The van der Waals surface area contributed by atoms with E-state index in [0.717, 1.165) is 6.07 Å². The molecular formula is C8H8BrF2NO. The Balaban J connectivity index is 3.13. The van der Waals surface area contributed by atoms with Gasteiger partial charge in [-0.05, 0) is 33.6 Å². The van der Waals surface area contributed by atoms with Crippen LogP contribution in [0.25, 0.3) is 0 Å². The Morgan fingerprint density at radius 1 is 1.46 bits per heavy atom. The van der Waals surface area contributed by atoms with Gasteiger partial charge in [0.25, 0.3) is 0 Å². The van der Waals surface area contributed by atoms with Crippen LogP contribution in [-0.4, -0.2) is 11.7 Å². The Kier molecular flexibility index (Phi) is 3.35. The molecule has 1 aromatic rings. The molecule has 0 saturated heterocycles. The zero-order chi connectivity index (χ0) is 10.0. The predicted molar refractivity (Wildman–Crippen MR) is 48.1 cm³/mol. The van der Waals surface area contributed by atoms with E-state index in [1.54, 1.807) is 0 Å². The Morgan fingerprint density at radius 3 is 2.54 bits per heavy atom. The van der Waals surface area contributed by atoms with Crippen molar-refractivity contribution in [1.29, 1.82) is 0 Å². The van der Waals surface area contributed by atoms with Crippen molar-refractivity contribution in [2.45, 2.75) is 6.04 Å². The number of halogens is 3. The molecule has 0 amide bonds. The zero-order valence-electron chi connectivity index (χ0n) is 6.60. The Morgan fingerprint density at radius 2 is 2.08 bits per heavy atom. The van der Waals surface area contributed by atoms with Gasteiger partial charge in [-0.3, -0.25) is 0 Å². The predicted octanol–water partition coefficient (Wildman–Crippen LogP) is 1.72. The standard InChI is InChI=1S/C8H8BrF2NO/c9-5-1-4(7(12)3-13)2-6(10)8(5)11/h1-2,7,13H,3,12H2. The minimum Gasteiger partial charge on any atom is -0.394 e. The third kappa shape index (κ3) is 2.24. The lowest BCUT2D eigenvalue weighted by molar-refractivity contribution is 0.267. The molecule has 0 aliphatic rings.